The summed E-state index contributed by atoms with van der Waals surface area (Å²) in [5.74, 6) is -2.12. The van der Waals surface area contributed by atoms with Crippen molar-refractivity contribution in [3.63, 3.8) is 0 Å². The van der Waals surface area contributed by atoms with Crippen LogP contribution in [0.5, 0.6) is 5.75 Å². The van der Waals surface area contributed by atoms with Gasteiger partial charge in [0.2, 0.25) is 5.92 Å². The lowest BCUT2D eigenvalue weighted by molar-refractivity contribution is -0.126. The second kappa shape index (κ2) is 6.08. The van der Waals surface area contributed by atoms with Crippen molar-refractivity contribution in [1.29, 1.82) is 0 Å². The minimum absolute atomic E-state index is 0.00649. The Morgan fingerprint density at radius 2 is 2.00 bits per heavy atom. The summed E-state index contributed by atoms with van der Waals surface area (Å²) < 4.78 is 31.6. The molecule has 1 aliphatic rings. The maximum absolute atomic E-state index is 13.1. The Labute approximate surface area is 123 Å². The van der Waals surface area contributed by atoms with E-state index < -0.39 is 5.92 Å². The zero-order valence-corrected chi connectivity index (χ0v) is 12.7. The number of halogens is 2. The molecule has 21 heavy (non-hydrogen) atoms. The molecule has 0 amide bonds. The molecule has 0 unspecified atom stereocenters. The van der Waals surface area contributed by atoms with Crippen LogP contribution in [0.4, 0.5) is 8.78 Å². The molecule has 1 heterocycles. The first-order valence-electron chi connectivity index (χ1n) is 7.23. The van der Waals surface area contributed by atoms with Gasteiger partial charge in [-0.25, -0.2) is 8.78 Å². The highest BCUT2D eigenvalue weighted by molar-refractivity contribution is 5.83. The number of pyridine rings is 1. The van der Waals surface area contributed by atoms with Crippen LogP contribution in [0, 0.1) is 19.8 Å². The topological polar surface area (TPSA) is 39.2 Å². The molecule has 0 bridgehead atoms. The van der Waals surface area contributed by atoms with E-state index in [4.69, 9.17) is 4.74 Å². The lowest BCUT2D eigenvalue weighted by Gasteiger charge is -2.27. The number of hydrogen-bond acceptors (Lipinski definition) is 3. The quantitative estimate of drug-likeness (QED) is 0.851. The largest absolute Gasteiger partial charge is 0.496 e. The second-order valence-electron chi connectivity index (χ2n) is 5.82. The van der Waals surface area contributed by atoms with Crippen molar-refractivity contribution in [2.24, 2.45) is 5.92 Å². The molecule has 0 spiro atoms. The van der Waals surface area contributed by atoms with Gasteiger partial charge in [-0.1, -0.05) is 0 Å². The lowest BCUT2D eigenvalue weighted by Crippen LogP contribution is -2.29. The molecule has 0 N–H and O–H groups in total. The van der Waals surface area contributed by atoms with Crippen LogP contribution in [0.15, 0.2) is 6.20 Å². The number of nitrogens with zero attached hydrogens (tertiary/aromatic N) is 1. The van der Waals surface area contributed by atoms with Gasteiger partial charge in [-0.3, -0.25) is 9.78 Å². The van der Waals surface area contributed by atoms with Crippen molar-refractivity contribution >= 4 is 5.78 Å². The molecule has 2 rings (SSSR count). The number of methoxy groups -OCH3 is 1. The van der Waals surface area contributed by atoms with E-state index in [0.29, 0.717) is 5.69 Å². The number of alkyl halides is 2. The number of ether oxygens (including phenoxy) is 1. The third-order valence-electron chi connectivity index (χ3n) is 4.26. The summed E-state index contributed by atoms with van der Waals surface area (Å²) in [6, 6.07) is 0. The van der Waals surface area contributed by atoms with Crippen LogP contribution in [0.25, 0.3) is 0 Å². The monoisotopic (exact) mass is 297 g/mol. The summed E-state index contributed by atoms with van der Waals surface area (Å²) in [5.41, 5.74) is 2.45. The van der Waals surface area contributed by atoms with Crippen LogP contribution < -0.4 is 4.74 Å². The van der Waals surface area contributed by atoms with Crippen LogP contribution in [-0.4, -0.2) is 23.8 Å². The summed E-state index contributed by atoms with van der Waals surface area (Å²) in [5, 5.41) is 0. The van der Waals surface area contributed by atoms with Crippen LogP contribution in [0.2, 0.25) is 0 Å². The smallest absolute Gasteiger partial charge is 0.248 e. The number of carbonyl (C=O) groups excluding carboxylic acids is 1. The number of hydrogen-bond donors (Lipinski definition) is 0. The first kappa shape index (κ1) is 15.9. The minimum Gasteiger partial charge on any atom is -0.496 e. The van der Waals surface area contributed by atoms with Gasteiger partial charge in [0.25, 0.3) is 0 Å². The average molecular weight is 297 g/mol. The zero-order chi connectivity index (χ0) is 15.6. The molecule has 1 fully saturated rings. The predicted octanol–water partition coefficient (Wildman–Crippen LogP) is 3.64. The lowest BCUT2D eigenvalue weighted by atomic mass is 9.82. The normalized spacial score (nSPS) is 18.5. The summed E-state index contributed by atoms with van der Waals surface area (Å²) >= 11 is 0. The summed E-state index contributed by atoms with van der Waals surface area (Å²) in [6.45, 7) is 3.77. The molecule has 5 heteroatoms. The minimum atomic E-state index is -2.60. The molecule has 1 aromatic rings. The number of aryl methyl sites for hydroxylation is 1. The van der Waals surface area contributed by atoms with Crippen molar-refractivity contribution in [1.82, 2.24) is 4.98 Å². The van der Waals surface area contributed by atoms with E-state index in [1.54, 1.807) is 13.3 Å². The van der Waals surface area contributed by atoms with E-state index in [-0.39, 0.29) is 43.8 Å². The van der Waals surface area contributed by atoms with Gasteiger partial charge in [-0.05, 0) is 26.7 Å². The van der Waals surface area contributed by atoms with Gasteiger partial charge in [0.05, 0.1) is 12.8 Å². The zero-order valence-electron chi connectivity index (χ0n) is 12.7. The van der Waals surface area contributed by atoms with Gasteiger partial charge in [-0.15, -0.1) is 0 Å². The second-order valence-corrected chi connectivity index (χ2v) is 5.82. The van der Waals surface area contributed by atoms with Gasteiger partial charge in [0.15, 0.2) is 0 Å². The highest BCUT2D eigenvalue weighted by atomic mass is 19.3. The van der Waals surface area contributed by atoms with E-state index in [1.807, 2.05) is 13.8 Å². The Kier molecular flexibility index (Phi) is 4.59. The fourth-order valence-corrected chi connectivity index (χ4v) is 2.92. The summed E-state index contributed by atoms with van der Waals surface area (Å²) in [6.07, 6.45) is 2.05. The molecule has 1 aromatic heterocycles. The molecule has 1 saturated carbocycles. The van der Waals surface area contributed by atoms with Crippen LogP contribution in [0.3, 0.4) is 0 Å². The molecule has 0 atom stereocenters. The van der Waals surface area contributed by atoms with E-state index in [0.717, 1.165) is 16.9 Å². The van der Waals surface area contributed by atoms with E-state index in [1.165, 1.54) is 0 Å². The Hall–Kier alpha value is -1.52. The molecular formula is C16H21F2NO2. The van der Waals surface area contributed by atoms with Crippen LogP contribution in [0.1, 0.15) is 42.5 Å². The molecule has 0 saturated heterocycles. The van der Waals surface area contributed by atoms with E-state index in [2.05, 4.69) is 4.98 Å². The molecule has 116 valence electrons. The Morgan fingerprint density at radius 1 is 1.38 bits per heavy atom. The van der Waals surface area contributed by atoms with Crippen molar-refractivity contribution < 1.29 is 18.3 Å². The Balaban J connectivity index is 2.07. The van der Waals surface area contributed by atoms with Gasteiger partial charge < -0.3 is 4.74 Å². The van der Waals surface area contributed by atoms with E-state index >= 15 is 0 Å². The van der Waals surface area contributed by atoms with Gasteiger partial charge >= 0.3 is 0 Å². The first-order chi connectivity index (χ1) is 9.84. The SMILES string of the molecule is COc1c(C)cnc(CC(=O)C2CCC(F)(F)CC2)c1C. The fourth-order valence-electron chi connectivity index (χ4n) is 2.92. The summed E-state index contributed by atoms with van der Waals surface area (Å²) in [4.78, 5) is 16.6. The Morgan fingerprint density at radius 3 is 2.57 bits per heavy atom. The highest BCUT2D eigenvalue weighted by Crippen LogP contribution is 2.37. The molecular weight excluding hydrogens is 276 g/mol. The molecule has 0 radical (unpaired) electrons. The van der Waals surface area contributed by atoms with Gasteiger partial charge in [0, 0.05) is 42.5 Å². The average Bonchev–Trinajstić information content (AvgIpc) is 2.42. The van der Waals surface area contributed by atoms with Crippen molar-refractivity contribution in [2.75, 3.05) is 7.11 Å². The molecule has 1 aliphatic carbocycles. The third kappa shape index (κ3) is 3.57. The van der Waals surface area contributed by atoms with Crippen LogP contribution in [-0.2, 0) is 11.2 Å². The maximum atomic E-state index is 13.1. The molecule has 3 nitrogen and oxygen atoms in total. The molecule has 0 aromatic carbocycles. The number of aromatic nitrogens is 1. The first-order valence-corrected chi connectivity index (χ1v) is 7.23. The maximum Gasteiger partial charge on any atom is 0.248 e. The van der Waals surface area contributed by atoms with Crippen LogP contribution >= 0.6 is 0 Å². The number of carbonyl (C=O) groups is 1. The standard InChI is InChI=1S/C16H21F2NO2/c1-10-9-19-13(11(2)15(10)21-3)8-14(20)12-4-6-16(17,18)7-5-12/h9,12H,4-8H2,1-3H3. The predicted molar refractivity (Wildman–Crippen MR) is 75.9 cm³/mol. The fraction of sp³-hybridized carbons (Fsp3) is 0.625. The third-order valence-corrected chi connectivity index (χ3v) is 4.26. The number of Topliss-reactive ketones (excluding diaryl/α,β-unsaturated/α-hetero) is 1. The Bertz CT molecular complexity index is 533. The number of ketones is 1. The van der Waals surface area contributed by atoms with Crippen molar-refractivity contribution in [2.45, 2.75) is 51.9 Å². The highest BCUT2D eigenvalue weighted by Gasteiger charge is 2.37. The van der Waals surface area contributed by atoms with Gasteiger partial charge in [-0.2, -0.15) is 0 Å². The molecule has 0 aliphatic heterocycles. The van der Waals surface area contributed by atoms with Gasteiger partial charge in [0.1, 0.15) is 11.5 Å². The number of rotatable bonds is 4. The van der Waals surface area contributed by atoms with Crippen molar-refractivity contribution in [3.05, 3.63) is 23.0 Å². The van der Waals surface area contributed by atoms with Crippen molar-refractivity contribution in [3.8, 4) is 5.75 Å². The summed E-state index contributed by atoms with van der Waals surface area (Å²) in [7, 11) is 1.59. The van der Waals surface area contributed by atoms with E-state index in [9.17, 15) is 13.6 Å².